The number of amides is 3. The highest BCUT2D eigenvalue weighted by Crippen LogP contribution is 2.34. The third-order valence-electron chi connectivity index (χ3n) is 6.29. The zero-order valence-corrected chi connectivity index (χ0v) is 21.1. The largest absolute Gasteiger partial charge is 0.497 e. The molecule has 3 aromatic rings. The normalized spacial score (nSPS) is 14.6. The SMILES string of the molecule is CCCN(CC(=O)N1CCn2cccc2[C@@H]1c1cccc(OC)c1)C(=O)Nc1ccc(OCC)cc1. The molecular weight excluding hydrogens is 456 g/mol. The van der Waals surface area contributed by atoms with Crippen molar-refractivity contribution < 1.29 is 19.1 Å². The van der Waals surface area contributed by atoms with Crippen LogP contribution in [0.1, 0.15) is 37.6 Å². The Morgan fingerprint density at radius 1 is 1.03 bits per heavy atom. The molecule has 2 heterocycles. The van der Waals surface area contributed by atoms with Gasteiger partial charge in [0.2, 0.25) is 5.91 Å². The van der Waals surface area contributed by atoms with Crippen LogP contribution in [0.25, 0.3) is 0 Å². The summed E-state index contributed by atoms with van der Waals surface area (Å²) in [5, 5.41) is 2.91. The fraction of sp³-hybridized carbons (Fsp3) is 0.357. The molecule has 1 aromatic heterocycles. The Hall–Kier alpha value is -3.94. The minimum absolute atomic E-state index is 0.00210. The molecule has 8 nitrogen and oxygen atoms in total. The number of benzene rings is 2. The van der Waals surface area contributed by atoms with Crippen LogP contribution in [0.2, 0.25) is 0 Å². The average molecular weight is 491 g/mol. The lowest BCUT2D eigenvalue weighted by Gasteiger charge is -2.38. The predicted octanol–water partition coefficient (Wildman–Crippen LogP) is 4.77. The first-order valence-electron chi connectivity index (χ1n) is 12.4. The number of hydrogen-bond acceptors (Lipinski definition) is 4. The molecule has 0 radical (unpaired) electrons. The number of rotatable bonds is 9. The van der Waals surface area contributed by atoms with Crippen molar-refractivity contribution in [2.75, 3.05) is 38.7 Å². The maximum Gasteiger partial charge on any atom is 0.322 e. The topological polar surface area (TPSA) is 76.0 Å². The lowest BCUT2D eigenvalue weighted by atomic mass is 9.99. The second kappa shape index (κ2) is 11.7. The van der Waals surface area contributed by atoms with Crippen molar-refractivity contribution in [1.82, 2.24) is 14.4 Å². The highest BCUT2D eigenvalue weighted by Gasteiger charge is 2.33. The van der Waals surface area contributed by atoms with E-state index in [1.165, 1.54) is 0 Å². The molecule has 0 saturated carbocycles. The Balaban J connectivity index is 1.52. The van der Waals surface area contributed by atoms with E-state index in [0.29, 0.717) is 31.9 Å². The summed E-state index contributed by atoms with van der Waals surface area (Å²) in [6, 6.07) is 18.5. The van der Waals surface area contributed by atoms with E-state index in [1.54, 1.807) is 24.1 Å². The van der Waals surface area contributed by atoms with Gasteiger partial charge in [-0.05, 0) is 67.4 Å². The number of nitrogens with zero attached hydrogens (tertiary/aromatic N) is 3. The molecule has 3 amide bonds. The number of urea groups is 1. The van der Waals surface area contributed by atoms with Gasteiger partial charge in [-0.3, -0.25) is 4.79 Å². The number of aromatic nitrogens is 1. The summed E-state index contributed by atoms with van der Waals surface area (Å²) >= 11 is 0. The Morgan fingerprint density at radius 2 is 1.83 bits per heavy atom. The first kappa shape index (κ1) is 25.2. The average Bonchev–Trinajstić information content (AvgIpc) is 3.38. The standard InChI is InChI=1S/C28H34N4O4/c1-4-15-31(28(34)29-22-11-13-23(14-12-22)36-5-2)20-26(33)32-18-17-30-16-7-10-25(30)27(32)21-8-6-9-24(19-21)35-3/h6-14,16,19,27H,4-5,15,17-18,20H2,1-3H3,(H,29,34)/t27-/m0/s1. The molecule has 1 aliphatic rings. The molecule has 1 N–H and O–H groups in total. The fourth-order valence-electron chi connectivity index (χ4n) is 4.59. The van der Waals surface area contributed by atoms with Crippen LogP contribution in [0.5, 0.6) is 11.5 Å². The zero-order valence-electron chi connectivity index (χ0n) is 21.1. The van der Waals surface area contributed by atoms with Gasteiger partial charge in [0.25, 0.3) is 0 Å². The summed E-state index contributed by atoms with van der Waals surface area (Å²) in [4.78, 5) is 30.2. The Morgan fingerprint density at radius 3 is 2.56 bits per heavy atom. The van der Waals surface area contributed by atoms with Crippen LogP contribution in [-0.2, 0) is 11.3 Å². The number of carbonyl (C=O) groups excluding carboxylic acids is 2. The van der Waals surface area contributed by atoms with Crippen molar-refractivity contribution in [1.29, 1.82) is 0 Å². The quantitative estimate of drug-likeness (QED) is 0.469. The molecular formula is C28H34N4O4. The van der Waals surface area contributed by atoms with Gasteiger partial charge in [0.1, 0.15) is 18.0 Å². The van der Waals surface area contributed by atoms with Gasteiger partial charge in [-0.2, -0.15) is 0 Å². The first-order chi connectivity index (χ1) is 17.5. The van der Waals surface area contributed by atoms with Gasteiger partial charge < -0.3 is 29.2 Å². The van der Waals surface area contributed by atoms with Crippen molar-refractivity contribution in [2.45, 2.75) is 32.9 Å². The fourth-order valence-corrected chi connectivity index (χ4v) is 4.59. The van der Waals surface area contributed by atoms with E-state index in [2.05, 4.69) is 9.88 Å². The molecule has 1 aliphatic heterocycles. The van der Waals surface area contributed by atoms with E-state index in [1.807, 2.05) is 73.5 Å². The van der Waals surface area contributed by atoms with Crippen LogP contribution in [0.4, 0.5) is 10.5 Å². The van der Waals surface area contributed by atoms with Crippen LogP contribution < -0.4 is 14.8 Å². The number of anilines is 1. The Bertz CT molecular complexity index is 1170. The van der Waals surface area contributed by atoms with E-state index in [9.17, 15) is 9.59 Å². The van der Waals surface area contributed by atoms with Crippen molar-refractivity contribution in [3.8, 4) is 11.5 Å². The van der Waals surface area contributed by atoms with Crippen molar-refractivity contribution in [2.24, 2.45) is 0 Å². The van der Waals surface area contributed by atoms with Gasteiger partial charge in [-0.1, -0.05) is 19.1 Å². The highest BCUT2D eigenvalue weighted by molar-refractivity contribution is 5.92. The third-order valence-corrected chi connectivity index (χ3v) is 6.29. The number of fused-ring (bicyclic) bond motifs is 1. The molecule has 8 heteroatoms. The molecule has 190 valence electrons. The molecule has 0 fully saturated rings. The van der Waals surface area contributed by atoms with Crippen LogP contribution in [-0.4, -0.2) is 59.7 Å². The van der Waals surface area contributed by atoms with Gasteiger partial charge in [0.15, 0.2) is 0 Å². The number of hydrogen-bond donors (Lipinski definition) is 1. The molecule has 2 aromatic carbocycles. The monoisotopic (exact) mass is 490 g/mol. The summed E-state index contributed by atoms with van der Waals surface area (Å²) in [5.74, 6) is 1.39. The number of nitrogens with one attached hydrogen (secondary N) is 1. The summed E-state index contributed by atoms with van der Waals surface area (Å²) in [6.07, 6.45) is 2.78. The summed E-state index contributed by atoms with van der Waals surface area (Å²) in [5.41, 5.74) is 2.68. The van der Waals surface area contributed by atoms with Crippen molar-refractivity contribution in [3.05, 3.63) is 78.1 Å². The maximum absolute atomic E-state index is 13.7. The first-order valence-corrected chi connectivity index (χ1v) is 12.4. The molecule has 1 atom stereocenters. The molecule has 0 unspecified atom stereocenters. The summed E-state index contributed by atoms with van der Waals surface area (Å²) < 4.78 is 13.1. The number of ether oxygens (including phenoxy) is 2. The zero-order chi connectivity index (χ0) is 25.5. The van der Waals surface area contributed by atoms with Gasteiger partial charge in [0.05, 0.1) is 19.8 Å². The van der Waals surface area contributed by atoms with E-state index in [-0.39, 0.29) is 24.5 Å². The van der Waals surface area contributed by atoms with Gasteiger partial charge in [0, 0.05) is 37.2 Å². The molecule has 4 rings (SSSR count). The van der Waals surface area contributed by atoms with Gasteiger partial charge in [-0.25, -0.2) is 4.79 Å². The molecule has 0 saturated heterocycles. The second-order valence-electron chi connectivity index (χ2n) is 8.70. The Kier molecular flexibility index (Phi) is 8.15. The van der Waals surface area contributed by atoms with E-state index in [4.69, 9.17) is 9.47 Å². The van der Waals surface area contributed by atoms with Crippen molar-refractivity contribution in [3.63, 3.8) is 0 Å². The highest BCUT2D eigenvalue weighted by atomic mass is 16.5. The van der Waals surface area contributed by atoms with E-state index in [0.717, 1.165) is 29.2 Å². The lowest BCUT2D eigenvalue weighted by molar-refractivity contribution is -0.134. The maximum atomic E-state index is 13.7. The van der Waals surface area contributed by atoms with Crippen LogP contribution in [0.3, 0.4) is 0 Å². The number of carbonyl (C=O) groups is 2. The molecule has 0 bridgehead atoms. The minimum atomic E-state index is -0.298. The predicted molar refractivity (Wildman–Crippen MR) is 139 cm³/mol. The number of methoxy groups -OCH3 is 1. The minimum Gasteiger partial charge on any atom is -0.497 e. The van der Waals surface area contributed by atoms with Gasteiger partial charge >= 0.3 is 6.03 Å². The van der Waals surface area contributed by atoms with Gasteiger partial charge in [-0.15, -0.1) is 0 Å². The summed E-state index contributed by atoms with van der Waals surface area (Å²) in [6.45, 7) is 6.24. The summed E-state index contributed by atoms with van der Waals surface area (Å²) in [7, 11) is 1.64. The Labute approximate surface area is 212 Å². The lowest BCUT2D eigenvalue weighted by Crippen LogP contribution is -2.48. The molecule has 36 heavy (non-hydrogen) atoms. The molecule has 0 aliphatic carbocycles. The molecule has 0 spiro atoms. The van der Waals surface area contributed by atoms with E-state index < -0.39 is 0 Å². The third kappa shape index (κ3) is 5.64. The van der Waals surface area contributed by atoms with Crippen LogP contribution in [0, 0.1) is 0 Å². The van der Waals surface area contributed by atoms with E-state index >= 15 is 0 Å². The van der Waals surface area contributed by atoms with Crippen molar-refractivity contribution >= 4 is 17.6 Å². The van der Waals surface area contributed by atoms with Crippen LogP contribution >= 0.6 is 0 Å². The van der Waals surface area contributed by atoms with Crippen LogP contribution in [0.15, 0.2) is 66.9 Å². The smallest absolute Gasteiger partial charge is 0.322 e. The second-order valence-corrected chi connectivity index (χ2v) is 8.70.